The lowest BCUT2D eigenvalue weighted by Gasteiger charge is -2.26. The Morgan fingerprint density at radius 3 is 2.71 bits per heavy atom. The molecule has 1 rings (SSSR count). The Labute approximate surface area is 85.6 Å². The Morgan fingerprint density at radius 1 is 1.57 bits per heavy atom. The van der Waals surface area contributed by atoms with Gasteiger partial charge in [-0.1, -0.05) is 30.7 Å². The van der Waals surface area contributed by atoms with Gasteiger partial charge in [0.2, 0.25) is 0 Å². The molecule has 0 heterocycles. The topological polar surface area (TPSA) is 26.3 Å². The zero-order valence-electron chi connectivity index (χ0n) is 9.17. The molecule has 0 bridgehead atoms. The van der Waals surface area contributed by atoms with Gasteiger partial charge in [-0.25, -0.2) is 0 Å². The summed E-state index contributed by atoms with van der Waals surface area (Å²) in [5.74, 6) is 0.268. The lowest BCUT2D eigenvalue weighted by molar-refractivity contribution is -0.126. The van der Waals surface area contributed by atoms with E-state index in [9.17, 15) is 4.79 Å². The number of carbonyl (C=O) groups excluding carboxylic acids is 1. The number of ether oxygens (including phenoxy) is 1. The highest BCUT2D eigenvalue weighted by Crippen LogP contribution is 2.36. The van der Waals surface area contributed by atoms with E-state index in [1.54, 1.807) is 7.11 Å². The van der Waals surface area contributed by atoms with Crippen LogP contribution in [0.4, 0.5) is 0 Å². The number of Topliss-reactive ketones (excluding diaryl/α,β-unsaturated/α-hetero) is 1. The van der Waals surface area contributed by atoms with Crippen LogP contribution in [0.3, 0.4) is 0 Å². The van der Waals surface area contributed by atoms with Crippen molar-refractivity contribution in [3.63, 3.8) is 0 Å². The molecule has 0 aromatic heterocycles. The van der Waals surface area contributed by atoms with E-state index in [2.05, 4.69) is 0 Å². The van der Waals surface area contributed by atoms with Crippen molar-refractivity contribution < 1.29 is 9.53 Å². The monoisotopic (exact) mass is 194 g/mol. The summed E-state index contributed by atoms with van der Waals surface area (Å²) in [6.45, 7) is 4.48. The second-order valence-corrected chi connectivity index (χ2v) is 3.79. The molecule has 0 saturated carbocycles. The maximum absolute atomic E-state index is 12.0. The van der Waals surface area contributed by atoms with Gasteiger partial charge < -0.3 is 4.74 Å². The van der Waals surface area contributed by atoms with Gasteiger partial charge in [0.25, 0.3) is 0 Å². The smallest absolute Gasteiger partial charge is 0.149 e. The Bertz CT molecular complexity index is 276. The molecular formula is C12H18O2. The third-order valence-corrected chi connectivity index (χ3v) is 2.78. The molecular weight excluding hydrogens is 176 g/mol. The minimum atomic E-state index is -0.467. The van der Waals surface area contributed by atoms with Gasteiger partial charge in [-0.05, 0) is 13.3 Å². The summed E-state index contributed by atoms with van der Waals surface area (Å²) >= 11 is 0. The first kappa shape index (κ1) is 11.2. The van der Waals surface area contributed by atoms with E-state index in [0.29, 0.717) is 13.0 Å². The lowest BCUT2D eigenvalue weighted by Crippen LogP contribution is -2.33. The number of carbonyl (C=O) groups is 1. The maximum atomic E-state index is 12.0. The van der Waals surface area contributed by atoms with Crippen LogP contribution in [0.2, 0.25) is 0 Å². The number of rotatable bonds is 5. The van der Waals surface area contributed by atoms with Crippen molar-refractivity contribution in [1.29, 1.82) is 0 Å². The van der Waals surface area contributed by atoms with Gasteiger partial charge in [-0.3, -0.25) is 4.79 Å². The molecule has 1 aliphatic carbocycles. The molecule has 78 valence electrons. The van der Waals surface area contributed by atoms with Crippen LogP contribution in [0.15, 0.2) is 23.8 Å². The van der Waals surface area contributed by atoms with Gasteiger partial charge >= 0.3 is 0 Å². The highest BCUT2D eigenvalue weighted by Gasteiger charge is 2.38. The molecule has 1 atom stereocenters. The van der Waals surface area contributed by atoms with E-state index in [1.807, 2.05) is 32.1 Å². The zero-order valence-corrected chi connectivity index (χ0v) is 9.17. The predicted molar refractivity (Wildman–Crippen MR) is 57.1 cm³/mol. The Morgan fingerprint density at radius 2 is 2.29 bits per heavy atom. The molecule has 2 nitrogen and oxygen atoms in total. The van der Waals surface area contributed by atoms with Crippen LogP contribution in [0.25, 0.3) is 0 Å². The predicted octanol–water partition coefficient (Wildman–Crippen LogP) is 2.50. The average Bonchev–Trinajstić information content (AvgIpc) is 2.50. The van der Waals surface area contributed by atoms with Crippen molar-refractivity contribution in [3.8, 4) is 0 Å². The summed E-state index contributed by atoms with van der Waals surface area (Å²) in [4.78, 5) is 12.0. The minimum absolute atomic E-state index is 0.268. The summed E-state index contributed by atoms with van der Waals surface area (Å²) in [5, 5.41) is 0. The summed E-state index contributed by atoms with van der Waals surface area (Å²) in [6, 6.07) is 0. The number of ketones is 1. The number of methoxy groups -OCH3 is 1. The molecule has 0 fully saturated rings. The highest BCUT2D eigenvalue weighted by molar-refractivity contribution is 5.91. The number of hydrogen-bond donors (Lipinski definition) is 0. The average molecular weight is 194 g/mol. The van der Waals surface area contributed by atoms with Gasteiger partial charge in [0, 0.05) is 13.5 Å². The first-order chi connectivity index (χ1) is 6.67. The van der Waals surface area contributed by atoms with E-state index in [0.717, 1.165) is 12.0 Å². The van der Waals surface area contributed by atoms with Crippen LogP contribution in [-0.4, -0.2) is 19.5 Å². The molecule has 0 radical (unpaired) electrons. The Kier molecular flexibility index (Phi) is 3.64. The SMILES string of the molecule is CCCC(=O)C1(COC)C=CC=C1C. The van der Waals surface area contributed by atoms with Crippen molar-refractivity contribution in [2.24, 2.45) is 5.41 Å². The third kappa shape index (κ3) is 1.80. The standard InChI is InChI=1S/C12H18O2/c1-4-6-11(13)12(9-14-3)8-5-7-10(12)2/h5,7-8H,4,6,9H2,1-3H3. The van der Waals surface area contributed by atoms with Crippen LogP contribution in [0.5, 0.6) is 0 Å². The van der Waals surface area contributed by atoms with E-state index in [4.69, 9.17) is 4.74 Å². The third-order valence-electron chi connectivity index (χ3n) is 2.78. The molecule has 1 unspecified atom stereocenters. The van der Waals surface area contributed by atoms with Crippen molar-refractivity contribution in [2.75, 3.05) is 13.7 Å². The fourth-order valence-electron chi connectivity index (χ4n) is 1.87. The quantitative estimate of drug-likeness (QED) is 0.672. The van der Waals surface area contributed by atoms with Crippen LogP contribution >= 0.6 is 0 Å². The van der Waals surface area contributed by atoms with Crippen molar-refractivity contribution in [2.45, 2.75) is 26.7 Å². The van der Waals surface area contributed by atoms with Crippen LogP contribution in [0.1, 0.15) is 26.7 Å². The molecule has 0 saturated heterocycles. The molecule has 0 aromatic carbocycles. The second-order valence-electron chi connectivity index (χ2n) is 3.79. The van der Waals surface area contributed by atoms with E-state index in [1.165, 1.54) is 0 Å². The second kappa shape index (κ2) is 4.56. The fourth-order valence-corrected chi connectivity index (χ4v) is 1.87. The van der Waals surface area contributed by atoms with Gasteiger partial charge in [-0.2, -0.15) is 0 Å². The highest BCUT2D eigenvalue weighted by atomic mass is 16.5. The Hall–Kier alpha value is -0.890. The largest absolute Gasteiger partial charge is 0.383 e. The molecule has 0 N–H and O–H groups in total. The van der Waals surface area contributed by atoms with E-state index < -0.39 is 5.41 Å². The van der Waals surface area contributed by atoms with Crippen LogP contribution in [0, 0.1) is 5.41 Å². The fraction of sp³-hybridized carbons (Fsp3) is 0.583. The number of allylic oxidation sites excluding steroid dienone is 2. The van der Waals surface area contributed by atoms with Gasteiger partial charge in [0.15, 0.2) is 0 Å². The zero-order chi connectivity index (χ0) is 10.6. The van der Waals surface area contributed by atoms with Gasteiger partial charge in [-0.15, -0.1) is 0 Å². The normalized spacial score (nSPS) is 25.2. The summed E-state index contributed by atoms with van der Waals surface area (Å²) in [5.41, 5.74) is 0.628. The first-order valence-electron chi connectivity index (χ1n) is 5.06. The molecule has 0 aromatic rings. The summed E-state index contributed by atoms with van der Waals surface area (Å²) in [7, 11) is 1.64. The maximum Gasteiger partial charge on any atom is 0.149 e. The van der Waals surface area contributed by atoms with Gasteiger partial charge in [0.05, 0.1) is 12.0 Å². The van der Waals surface area contributed by atoms with Gasteiger partial charge in [0.1, 0.15) is 5.78 Å². The van der Waals surface area contributed by atoms with E-state index in [-0.39, 0.29) is 5.78 Å². The molecule has 1 aliphatic rings. The number of hydrogen-bond acceptors (Lipinski definition) is 2. The van der Waals surface area contributed by atoms with Crippen molar-refractivity contribution in [3.05, 3.63) is 23.8 Å². The molecule has 2 heteroatoms. The first-order valence-corrected chi connectivity index (χ1v) is 5.06. The Balaban J connectivity index is 2.88. The van der Waals surface area contributed by atoms with Crippen molar-refractivity contribution in [1.82, 2.24) is 0 Å². The molecule has 0 aliphatic heterocycles. The summed E-state index contributed by atoms with van der Waals surface area (Å²) < 4.78 is 5.15. The lowest BCUT2D eigenvalue weighted by atomic mass is 9.78. The van der Waals surface area contributed by atoms with Crippen LogP contribution < -0.4 is 0 Å². The molecule has 14 heavy (non-hydrogen) atoms. The minimum Gasteiger partial charge on any atom is -0.383 e. The summed E-state index contributed by atoms with van der Waals surface area (Å²) in [6.07, 6.45) is 7.42. The van der Waals surface area contributed by atoms with E-state index >= 15 is 0 Å². The molecule has 0 amide bonds. The van der Waals surface area contributed by atoms with Crippen LogP contribution in [-0.2, 0) is 9.53 Å². The van der Waals surface area contributed by atoms with Crippen molar-refractivity contribution >= 4 is 5.78 Å². The molecule has 0 spiro atoms.